The van der Waals surface area contributed by atoms with Gasteiger partial charge < -0.3 is 10.0 Å². The Kier molecular flexibility index (Phi) is 6.68. The van der Waals surface area contributed by atoms with E-state index in [1.807, 2.05) is 31.2 Å². The van der Waals surface area contributed by atoms with Crippen molar-refractivity contribution in [2.45, 2.75) is 25.9 Å². The van der Waals surface area contributed by atoms with Gasteiger partial charge in [0.15, 0.2) is 5.82 Å². The summed E-state index contributed by atoms with van der Waals surface area (Å²) < 4.78 is 0. The van der Waals surface area contributed by atoms with Crippen LogP contribution < -0.4 is 4.90 Å². The molecule has 5 heteroatoms. The second-order valence-electron chi connectivity index (χ2n) is 8.79. The summed E-state index contributed by atoms with van der Waals surface area (Å²) >= 11 is 0. The normalized spacial score (nSPS) is 16.5. The Morgan fingerprint density at radius 2 is 1.59 bits per heavy atom. The third kappa shape index (κ3) is 5.23. The summed E-state index contributed by atoms with van der Waals surface area (Å²) in [5.41, 5.74) is 3.63. The number of piperazine rings is 1. The minimum atomic E-state index is -0.868. The Hall–Kier alpha value is -3.02. The van der Waals surface area contributed by atoms with Crippen LogP contribution in [0.25, 0.3) is 11.4 Å². The highest BCUT2D eigenvalue weighted by Crippen LogP contribution is 2.28. The first-order valence-electron chi connectivity index (χ1n) is 11.3. The van der Waals surface area contributed by atoms with Crippen molar-refractivity contribution in [1.82, 2.24) is 14.9 Å². The zero-order valence-electron chi connectivity index (χ0n) is 19.0. The summed E-state index contributed by atoms with van der Waals surface area (Å²) in [6.07, 6.45) is 2.43. The molecule has 1 saturated heterocycles. The van der Waals surface area contributed by atoms with Gasteiger partial charge in [-0.3, -0.25) is 4.90 Å². The average Bonchev–Trinajstić information content (AvgIpc) is 2.82. The third-order valence-electron chi connectivity index (χ3n) is 6.10. The molecule has 1 atom stereocenters. The number of β-amino-alcohol motifs (C(OH)–C–C–N with tert-alkyl or cyclic N) is 1. The van der Waals surface area contributed by atoms with Crippen molar-refractivity contribution in [3.63, 3.8) is 0 Å². The molecule has 4 rings (SSSR count). The molecule has 0 bridgehead atoms. The van der Waals surface area contributed by atoms with Crippen molar-refractivity contribution in [2.24, 2.45) is 0 Å². The zero-order chi connectivity index (χ0) is 22.6. The fourth-order valence-electron chi connectivity index (χ4n) is 4.20. The van der Waals surface area contributed by atoms with E-state index in [1.54, 1.807) is 6.08 Å². The number of aliphatic hydroxyl groups is 1. The van der Waals surface area contributed by atoms with Crippen LogP contribution >= 0.6 is 0 Å². The lowest BCUT2D eigenvalue weighted by Gasteiger charge is -2.38. The molecule has 0 aliphatic carbocycles. The number of rotatable bonds is 7. The summed E-state index contributed by atoms with van der Waals surface area (Å²) in [6, 6.07) is 20.7. The van der Waals surface area contributed by atoms with Crippen molar-refractivity contribution >= 4 is 5.82 Å². The van der Waals surface area contributed by atoms with Gasteiger partial charge >= 0.3 is 0 Å². The lowest BCUT2D eigenvalue weighted by Crippen LogP contribution is -2.51. The van der Waals surface area contributed by atoms with E-state index < -0.39 is 5.60 Å². The predicted molar refractivity (Wildman–Crippen MR) is 131 cm³/mol. The van der Waals surface area contributed by atoms with E-state index in [2.05, 4.69) is 59.7 Å². The molecule has 1 aliphatic rings. The van der Waals surface area contributed by atoms with Gasteiger partial charge in [0, 0.05) is 56.0 Å². The maximum absolute atomic E-state index is 10.4. The summed E-state index contributed by atoms with van der Waals surface area (Å²) in [5.74, 6) is 1.79. The quantitative estimate of drug-likeness (QED) is 0.574. The van der Waals surface area contributed by atoms with Gasteiger partial charge in [0.05, 0.1) is 5.60 Å². The van der Waals surface area contributed by atoms with Crippen LogP contribution in [0, 0.1) is 6.92 Å². The summed E-state index contributed by atoms with van der Waals surface area (Å²) in [5, 5.41) is 10.4. The lowest BCUT2D eigenvalue weighted by molar-refractivity contribution is 0.0596. The molecule has 0 saturated carbocycles. The van der Waals surface area contributed by atoms with Crippen LogP contribution in [0.15, 0.2) is 73.3 Å². The molecule has 1 N–H and O–H groups in total. The van der Waals surface area contributed by atoms with Crippen LogP contribution in [-0.2, 0) is 6.42 Å². The van der Waals surface area contributed by atoms with E-state index >= 15 is 0 Å². The Bertz CT molecular complexity index is 1040. The highest BCUT2D eigenvalue weighted by Gasteiger charge is 2.26. The fourth-order valence-corrected chi connectivity index (χ4v) is 4.20. The molecule has 1 aliphatic heterocycles. The van der Waals surface area contributed by atoms with Crippen LogP contribution in [0.1, 0.15) is 23.7 Å². The van der Waals surface area contributed by atoms with Gasteiger partial charge in [0.2, 0.25) is 0 Å². The largest absolute Gasteiger partial charge is 0.385 e. The molecule has 1 unspecified atom stereocenters. The molecule has 1 aromatic heterocycles. The molecule has 2 aromatic carbocycles. The molecule has 166 valence electrons. The second kappa shape index (κ2) is 9.63. The minimum Gasteiger partial charge on any atom is -0.385 e. The van der Waals surface area contributed by atoms with Crippen LogP contribution in [0.2, 0.25) is 0 Å². The maximum atomic E-state index is 10.4. The highest BCUT2D eigenvalue weighted by molar-refractivity contribution is 5.61. The summed E-state index contributed by atoms with van der Waals surface area (Å²) in [4.78, 5) is 14.6. The minimum absolute atomic E-state index is 0.597. The van der Waals surface area contributed by atoms with E-state index in [4.69, 9.17) is 9.97 Å². The van der Waals surface area contributed by atoms with Crippen molar-refractivity contribution in [3.8, 4) is 11.4 Å². The molecule has 0 spiro atoms. The first-order valence-corrected chi connectivity index (χ1v) is 11.3. The Morgan fingerprint density at radius 3 is 2.22 bits per heavy atom. The molecule has 1 fully saturated rings. The first kappa shape index (κ1) is 22.2. The van der Waals surface area contributed by atoms with Gasteiger partial charge in [0.25, 0.3) is 0 Å². The predicted octanol–water partition coefficient (Wildman–Crippen LogP) is 4.10. The molecular weight excluding hydrogens is 396 g/mol. The number of hydrogen-bond acceptors (Lipinski definition) is 5. The van der Waals surface area contributed by atoms with Crippen LogP contribution in [-0.4, -0.2) is 58.3 Å². The zero-order valence-corrected chi connectivity index (χ0v) is 19.0. The monoisotopic (exact) mass is 428 g/mol. The van der Waals surface area contributed by atoms with Gasteiger partial charge in [-0.1, -0.05) is 66.7 Å². The van der Waals surface area contributed by atoms with Gasteiger partial charge in [-0.15, -0.1) is 6.58 Å². The van der Waals surface area contributed by atoms with Crippen molar-refractivity contribution in [3.05, 3.63) is 90.1 Å². The number of aryl methyl sites for hydroxylation is 1. The van der Waals surface area contributed by atoms with E-state index in [1.165, 1.54) is 11.1 Å². The Labute approximate surface area is 191 Å². The number of aromatic nitrogens is 2. The lowest BCUT2D eigenvalue weighted by atomic mass is 10.0. The number of nitrogens with zero attached hydrogens (tertiary/aromatic N) is 4. The van der Waals surface area contributed by atoms with Crippen LogP contribution in [0.5, 0.6) is 0 Å². The fraction of sp³-hybridized carbons (Fsp3) is 0.333. The standard InChI is InChI=1S/C27H32N4O/c1-4-27(3,32)20-30-15-17-31(18-16-30)26-24(19-22-11-7-5-8-12-22)21(2)28-25(29-26)23-13-9-6-10-14-23/h4-14,32H,1,15-20H2,2-3H3. The first-order chi connectivity index (χ1) is 15.4. The van der Waals surface area contributed by atoms with Crippen LogP contribution in [0.3, 0.4) is 0 Å². The van der Waals surface area contributed by atoms with Crippen molar-refractivity contribution in [2.75, 3.05) is 37.6 Å². The second-order valence-corrected chi connectivity index (χ2v) is 8.79. The summed E-state index contributed by atoms with van der Waals surface area (Å²) in [7, 11) is 0. The van der Waals surface area contributed by atoms with E-state index in [0.29, 0.717) is 6.54 Å². The molecule has 0 radical (unpaired) electrons. The number of anilines is 1. The SMILES string of the molecule is C=CC(C)(O)CN1CCN(c2nc(-c3ccccc3)nc(C)c2Cc2ccccc2)CC1. The van der Waals surface area contributed by atoms with E-state index in [0.717, 1.165) is 55.5 Å². The molecule has 5 nitrogen and oxygen atoms in total. The molecule has 2 heterocycles. The topological polar surface area (TPSA) is 52.5 Å². The van der Waals surface area contributed by atoms with Crippen molar-refractivity contribution in [1.29, 1.82) is 0 Å². The van der Waals surface area contributed by atoms with Gasteiger partial charge in [-0.25, -0.2) is 9.97 Å². The van der Waals surface area contributed by atoms with Crippen LogP contribution in [0.4, 0.5) is 5.82 Å². The molecule has 0 amide bonds. The average molecular weight is 429 g/mol. The smallest absolute Gasteiger partial charge is 0.161 e. The van der Waals surface area contributed by atoms with Gasteiger partial charge in [0.1, 0.15) is 5.82 Å². The molecule has 3 aromatic rings. The van der Waals surface area contributed by atoms with Crippen molar-refractivity contribution < 1.29 is 5.11 Å². The van der Waals surface area contributed by atoms with Gasteiger partial charge in [-0.05, 0) is 19.4 Å². The number of hydrogen-bond donors (Lipinski definition) is 1. The van der Waals surface area contributed by atoms with Gasteiger partial charge in [-0.2, -0.15) is 0 Å². The Morgan fingerprint density at radius 1 is 0.969 bits per heavy atom. The van der Waals surface area contributed by atoms with E-state index in [9.17, 15) is 5.11 Å². The summed E-state index contributed by atoms with van der Waals surface area (Å²) in [6.45, 7) is 11.7. The molecular formula is C27H32N4O. The number of benzene rings is 2. The third-order valence-corrected chi connectivity index (χ3v) is 6.10. The Balaban J connectivity index is 1.64. The highest BCUT2D eigenvalue weighted by atomic mass is 16.3. The van der Waals surface area contributed by atoms with E-state index in [-0.39, 0.29) is 0 Å². The molecule has 32 heavy (non-hydrogen) atoms. The maximum Gasteiger partial charge on any atom is 0.161 e.